The van der Waals surface area contributed by atoms with Gasteiger partial charge in [-0.15, -0.1) is 0 Å². The Labute approximate surface area is 123 Å². The molecule has 2 fully saturated rings. The van der Waals surface area contributed by atoms with Crippen LogP contribution in [-0.4, -0.2) is 54.1 Å². The van der Waals surface area contributed by atoms with Crippen LogP contribution < -0.4 is 5.32 Å². The predicted octanol–water partition coefficient (Wildman–Crippen LogP) is 0.403. The molecule has 1 aliphatic carbocycles. The SMILES string of the molecule is CC(C)(C)C(NC(=O)C1(F)CC1)C(=O)N1COCC1C=O. The predicted molar refractivity (Wildman–Crippen MR) is 72.0 cm³/mol. The molecule has 2 amide bonds. The molecule has 7 heteroatoms. The number of hydrogen-bond acceptors (Lipinski definition) is 4. The monoisotopic (exact) mass is 300 g/mol. The summed E-state index contributed by atoms with van der Waals surface area (Å²) in [7, 11) is 0. The van der Waals surface area contributed by atoms with Crippen LogP contribution >= 0.6 is 0 Å². The maximum atomic E-state index is 13.8. The third-order valence-electron chi connectivity index (χ3n) is 3.84. The van der Waals surface area contributed by atoms with Crippen LogP contribution in [0.2, 0.25) is 0 Å². The molecule has 21 heavy (non-hydrogen) atoms. The van der Waals surface area contributed by atoms with E-state index in [0.29, 0.717) is 6.29 Å². The van der Waals surface area contributed by atoms with E-state index in [0.717, 1.165) is 0 Å². The minimum Gasteiger partial charge on any atom is -0.358 e. The molecule has 0 radical (unpaired) electrons. The van der Waals surface area contributed by atoms with E-state index in [-0.39, 0.29) is 26.2 Å². The lowest BCUT2D eigenvalue weighted by atomic mass is 9.85. The van der Waals surface area contributed by atoms with E-state index < -0.39 is 35.0 Å². The van der Waals surface area contributed by atoms with Crippen molar-refractivity contribution < 1.29 is 23.5 Å². The molecular formula is C14H21FN2O4. The first kappa shape index (κ1) is 15.9. The molecule has 2 aliphatic rings. The Morgan fingerprint density at radius 1 is 1.43 bits per heavy atom. The minimum atomic E-state index is -1.84. The molecule has 1 heterocycles. The van der Waals surface area contributed by atoms with E-state index in [1.54, 1.807) is 20.8 Å². The van der Waals surface area contributed by atoms with E-state index in [1.165, 1.54) is 4.90 Å². The Balaban J connectivity index is 2.14. The van der Waals surface area contributed by atoms with Gasteiger partial charge in [0.05, 0.1) is 6.61 Å². The maximum absolute atomic E-state index is 13.8. The average Bonchev–Trinajstić information content (AvgIpc) is 2.98. The van der Waals surface area contributed by atoms with E-state index >= 15 is 0 Å². The standard InChI is InChI=1S/C14H21FN2O4/c1-13(2,3)10(16-12(20)14(15)4-5-14)11(19)17-8-21-7-9(17)6-18/h6,9-10H,4-5,7-8H2,1-3H3,(H,16,20). The summed E-state index contributed by atoms with van der Waals surface area (Å²) in [5, 5.41) is 2.50. The molecule has 1 saturated heterocycles. The van der Waals surface area contributed by atoms with Crippen molar-refractivity contribution in [3.05, 3.63) is 0 Å². The summed E-state index contributed by atoms with van der Waals surface area (Å²) >= 11 is 0. The summed E-state index contributed by atoms with van der Waals surface area (Å²) in [6.07, 6.45) is 1.02. The van der Waals surface area contributed by atoms with Gasteiger partial charge >= 0.3 is 0 Å². The fourth-order valence-electron chi connectivity index (χ4n) is 2.21. The van der Waals surface area contributed by atoms with Crippen molar-refractivity contribution in [1.82, 2.24) is 10.2 Å². The smallest absolute Gasteiger partial charge is 0.258 e. The quantitative estimate of drug-likeness (QED) is 0.763. The van der Waals surface area contributed by atoms with Crippen LogP contribution in [0.25, 0.3) is 0 Å². The summed E-state index contributed by atoms with van der Waals surface area (Å²) in [6, 6.07) is -1.55. The molecular weight excluding hydrogens is 279 g/mol. The summed E-state index contributed by atoms with van der Waals surface area (Å²) in [4.78, 5) is 36.7. The van der Waals surface area contributed by atoms with Gasteiger partial charge in [0.15, 0.2) is 5.67 Å². The molecule has 1 N–H and O–H groups in total. The number of alkyl halides is 1. The lowest BCUT2D eigenvalue weighted by Crippen LogP contribution is -2.57. The van der Waals surface area contributed by atoms with Crippen LogP contribution in [0.1, 0.15) is 33.6 Å². The second kappa shape index (κ2) is 5.36. The van der Waals surface area contributed by atoms with E-state index in [9.17, 15) is 18.8 Å². The highest BCUT2D eigenvalue weighted by Gasteiger charge is 2.53. The number of halogens is 1. The van der Waals surface area contributed by atoms with Crippen molar-refractivity contribution in [2.45, 2.75) is 51.4 Å². The van der Waals surface area contributed by atoms with Gasteiger partial charge in [-0.25, -0.2) is 4.39 Å². The van der Waals surface area contributed by atoms with Crippen molar-refractivity contribution in [2.24, 2.45) is 5.41 Å². The van der Waals surface area contributed by atoms with Crippen molar-refractivity contribution in [3.8, 4) is 0 Å². The fourth-order valence-corrected chi connectivity index (χ4v) is 2.21. The molecule has 1 saturated carbocycles. The molecule has 0 aromatic rings. The number of ether oxygens (including phenoxy) is 1. The van der Waals surface area contributed by atoms with Gasteiger partial charge in [0, 0.05) is 0 Å². The molecule has 2 unspecified atom stereocenters. The number of aldehydes is 1. The highest BCUT2D eigenvalue weighted by Crippen LogP contribution is 2.40. The Kier molecular flexibility index (Phi) is 4.06. The highest BCUT2D eigenvalue weighted by atomic mass is 19.1. The van der Waals surface area contributed by atoms with Gasteiger partial charge in [-0.05, 0) is 18.3 Å². The van der Waals surface area contributed by atoms with Gasteiger partial charge < -0.3 is 19.7 Å². The van der Waals surface area contributed by atoms with Crippen molar-refractivity contribution >= 4 is 18.1 Å². The summed E-state index contributed by atoms with van der Waals surface area (Å²) in [5.74, 6) is -1.17. The van der Waals surface area contributed by atoms with Gasteiger partial charge in [0.25, 0.3) is 5.91 Å². The van der Waals surface area contributed by atoms with Crippen molar-refractivity contribution in [3.63, 3.8) is 0 Å². The first-order chi connectivity index (χ1) is 9.69. The number of carbonyl (C=O) groups excluding carboxylic acids is 3. The number of nitrogens with zero attached hydrogens (tertiary/aromatic N) is 1. The summed E-state index contributed by atoms with van der Waals surface area (Å²) in [5.41, 5.74) is -2.44. The molecule has 2 atom stereocenters. The van der Waals surface area contributed by atoms with Gasteiger partial charge in [-0.1, -0.05) is 20.8 Å². The van der Waals surface area contributed by atoms with Crippen molar-refractivity contribution in [2.75, 3.05) is 13.3 Å². The average molecular weight is 300 g/mol. The molecule has 0 aromatic heterocycles. The molecule has 2 rings (SSSR count). The Bertz CT molecular complexity index is 456. The number of amides is 2. The third-order valence-corrected chi connectivity index (χ3v) is 3.84. The minimum absolute atomic E-state index is 0.00542. The van der Waals surface area contributed by atoms with E-state index in [2.05, 4.69) is 5.32 Å². The van der Waals surface area contributed by atoms with Crippen LogP contribution in [0, 0.1) is 5.41 Å². The van der Waals surface area contributed by atoms with Crippen LogP contribution in [0.3, 0.4) is 0 Å². The third kappa shape index (κ3) is 3.23. The zero-order valence-corrected chi connectivity index (χ0v) is 12.5. The van der Waals surface area contributed by atoms with Crippen molar-refractivity contribution in [1.29, 1.82) is 0 Å². The van der Waals surface area contributed by atoms with Gasteiger partial charge in [-0.2, -0.15) is 0 Å². The van der Waals surface area contributed by atoms with Gasteiger partial charge in [0.1, 0.15) is 25.1 Å². The number of hydrogen-bond donors (Lipinski definition) is 1. The Morgan fingerprint density at radius 3 is 2.52 bits per heavy atom. The molecule has 0 spiro atoms. The Hall–Kier alpha value is -1.50. The van der Waals surface area contributed by atoms with E-state index in [1.807, 2.05) is 0 Å². The largest absolute Gasteiger partial charge is 0.358 e. The second-order valence-electron chi connectivity index (χ2n) is 6.75. The molecule has 6 nitrogen and oxygen atoms in total. The summed E-state index contributed by atoms with van der Waals surface area (Å²) in [6.45, 7) is 5.49. The normalized spacial score (nSPS) is 25.3. The number of carbonyl (C=O) groups is 3. The molecule has 0 aromatic carbocycles. The first-order valence-corrected chi connectivity index (χ1v) is 7.02. The van der Waals surface area contributed by atoms with Crippen LogP contribution in [0.15, 0.2) is 0 Å². The fraction of sp³-hybridized carbons (Fsp3) is 0.786. The van der Waals surface area contributed by atoms with Crippen LogP contribution in [0.4, 0.5) is 4.39 Å². The zero-order valence-electron chi connectivity index (χ0n) is 12.5. The van der Waals surface area contributed by atoms with Gasteiger partial charge in [-0.3, -0.25) is 9.59 Å². The summed E-state index contributed by atoms with van der Waals surface area (Å²) < 4.78 is 18.9. The van der Waals surface area contributed by atoms with E-state index in [4.69, 9.17) is 4.74 Å². The van der Waals surface area contributed by atoms with Crippen LogP contribution in [-0.2, 0) is 19.1 Å². The number of nitrogens with one attached hydrogen (secondary N) is 1. The van der Waals surface area contributed by atoms with Gasteiger partial charge in [0.2, 0.25) is 5.91 Å². The second-order valence-corrected chi connectivity index (χ2v) is 6.75. The van der Waals surface area contributed by atoms with Crippen LogP contribution in [0.5, 0.6) is 0 Å². The number of rotatable bonds is 4. The maximum Gasteiger partial charge on any atom is 0.258 e. The molecule has 118 valence electrons. The lowest BCUT2D eigenvalue weighted by molar-refractivity contribution is -0.143. The topological polar surface area (TPSA) is 75.7 Å². The molecule has 1 aliphatic heterocycles. The zero-order chi connectivity index (χ0) is 15.8. The Morgan fingerprint density at radius 2 is 2.05 bits per heavy atom. The highest BCUT2D eigenvalue weighted by molar-refractivity contribution is 5.94. The first-order valence-electron chi connectivity index (χ1n) is 7.02. The molecule has 0 bridgehead atoms. The lowest BCUT2D eigenvalue weighted by Gasteiger charge is -2.34.